The van der Waals surface area contributed by atoms with Gasteiger partial charge in [0.05, 0.1) is 5.41 Å². The molecule has 0 aromatic rings. The van der Waals surface area contributed by atoms with Gasteiger partial charge in [0.15, 0.2) is 0 Å². The van der Waals surface area contributed by atoms with Crippen LogP contribution in [0.3, 0.4) is 0 Å². The molecule has 0 aromatic carbocycles. The van der Waals surface area contributed by atoms with Gasteiger partial charge in [0.2, 0.25) is 0 Å². The van der Waals surface area contributed by atoms with Crippen LogP contribution in [0.25, 0.3) is 0 Å². The van der Waals surface area contributed by atoms with E-state index in [-0.39, 0.29) is 19.4 Å². The van der Waals surface area contributed by atoms with Crippen molar-refractivity contribution in [2.45, 2.75) is 25.9 Å². The van der Waals surface area contributed by atoms with Crippen molar-refractivity contribution in [3.05, 3.63) is 0 Å². The summed E-state index contributed by atoms with van der Waals surface area (Å²) in [6, 6.07) is 0. The Bertz CT molecular complexity index is 148. The number of alkyl halides is 3. The second kappa shape index (κ2) is 2.37. The Labute approximate surface area is 63.8 Å². The molecule has 0 amide bonds. The summed E-state index contributed by atoms with van der Waals surface area (Å²) in [5, 5.41) is 0. The van der Waals surface area contributed by atoms with Gasteiger partial charge in [-0.05, 0) is 25.3 Å². The number of rotatable bonds is 2. The van der Waals surface area contributed by atoms with E-state index < -0.39 is 17.5 Å². The van der Waals surface area contributed by atoms with Crippen molar-refractivity contribution in [3.8, 4) is 0 Å². The lowest BCUT2D eigenvalue weighted by atomic mass is 9.90. The SMILES string of the molecule is C[C@@H](CN)C1(C(F)(F)F)CC1. The van der Waals surface area contributed by atoms with Crippen LogP contribution in [0.5, 0.6) is 0 Å². The number of nitrogens with two attached hydrogens (primary N) is 1. The minimum absolute atomic E-state index is 0.125. The van der Waals surface area contributed by atoms with Crippen LogP contribution in [0.4, 0.5) is 13.2 Å². The van der Waals surface area contributed by atoms with Crippen LogP contribution >= 0.6 is 0 Å². The van der Waals surface area contributed by atoms with Gasteiger partial charge < -0.3 is 5.73 Å². The molecule has 0 spiro atoms. The van der Waals surface area contributed by atoms with Crippen molar-refractivity contribution < 1.29 is 13.2 Å². The fourth-order valence-corrected chi connectivity index (χ4v) is 1.42. The molecule has 1 nitrogen and oxygen atoms in total. The zero-order valence-corrected chi connectivity index (χ0v) is 6.41. The molecule has 2 N–H and O–H groups in total. The Balaban J connectivity index is 2.68. The Kier molecular flexibility index (Phi) is 1.90. The van der Waals surface area contributed by atoms with Gasteiger partial charge in [-0.15, -0.1) is 0 Å². The highest BCUT2D eigenvalue weighted by atomic mass is 19.4. The summed E-state index contributed by atoms with van der Waals surface area (Å²) >= 11 is 0. The molecule has 4 heteroatoms. The van der Waals surface area contributed by atoms with E-state index in [1.807, 2.05) is 0 Å². The minimum atomic E-state index is -4.05. The van der Waals surface area contributed by atoms with E-state index in [2.05, 4.69) is 0 Å². The van der Waals surface area contributed by atoms with Crippen molar-refractivity contribution in [1.82, 2.24) is 0 Å². The van der Waals surface area contributed by atoms with Crippen molar-refractivity contribution in [3.63, 3.8) is 0 Å². The first-order valence-electron chi connectivity index (χ1n) is 3.71. The lowest BCUT2D eigenvalue weighted by molar-refractivity contribution is -0.200. The fraction of sp³-hybridized carbons (Fsp3) is 1.00. The van der Waals surface area contributed by atoms with Gasteiger partial charge in [0, 0.05) is 0 Å². The zero-order chi connectivity index (χ0) is 8.70. The molecule has 0 aliphatic heterocycles. The Morgan fingerprint density at radius 1 is 1.45 bits per heavy atom. The highest BCUT2D eigenvalue weighted by molar-refractivity contribution is 5.02. The second-order valence-electron chi connectivity index (χ2n) is 3.29. The molecule has 11 heavy (non-hydrogen) atoms. The molecular weight excluding hydrogens is 155 g/mol. The first-order valence-corrected chi connectivity index (χ1v) is 3.71. The summed E-state index contributed by atoms with van der Waals surface area (Å²) in [7, 11) is 0. The van der Waals surface area contributed by atoms with Crippen molar-refractivity contribution in [1.29, 1.82) is 0 Å². The quantitative estimate of drug-likeness (QED) is 0.668. The van der Waals surface area contributed by atoms with Crippen LogP contribution in [0.1, 0.15) is 19.8 Å². The van der Waals surface area contributed by atoms with E-state index in [4.69, 9.17) is 5.73 Å². The van der Waals surface area contributed by atoms with Crippen LogP contribution in [-0.4, -0.2) is 12.7 Å². The normalized spacial score (nSPS) is 24.8. The fourth-order valence-electron chi connectivity index (χ4n) is 1.42. The Hall–Kier alpha value is -0.250. The summed E-state index contributed by atoms with van der Waals surface area (Å²) in [6.45, 7) is 1.69. The summed E-state index contributed by atoms with van der Waals surface area (Å²) in [4.78, 5) is 0. The number of halogens is 3. The van der Waals surface area contributed by atoms with Gasteiger partial charge in [-0.2, -0.15) is 13.2 Å². The van der Waals surface area contributed by atoms with Crippen LogP contribution in [0.2, 0.25) is 0 Å². The molecule has 1 saturated carbocycles. The smallest absolute Gasteiger partial charge is 0.330 e. The second-order valence-corrected chi connectivity index (χ2v) is 3.29. The summed E-state index contributed by atoms with van der Waals surface area (Å²) in [5.74, 6) is -0.428. The summed E-state index contributed by atoms with van der Waals surface area (Å²) in [5.41, 5.74) is 3.77. The van der Waals surface area contributed by atoms with Crippen molar-refractivity contribution in [2.75, 3.05) is 6.54 Å². The topological polar surface area (TPSA) is 26.0 Å². The lowest BCUT2D eigenvalue weighted by Crippen LogP contribution is -2.34. The summed E-state index contributed by atoms with van der Waals surface area (Å²) in [6.07, 6.45) is -3.53. The first kappa shape index (κ1) is 8.84. The molecule has 0 unspecified atom stereocenters. The van der Waals surface area contributed by atoms with E-state index >= 15 is 0 Å². The molecule has 1 aliphatic carbocycles. The van der Waals surface area contributed by atoms with Gasteiger partial charge >= 0.3 is 6.18 Å². The zero-order valence-electron chi connectivity index (χ0n) is 6.41. The largest absolute Gasteiger partial charge is 0.394 e. The summed E-state index contributed by atoms with van der Waals surface area (Å²) < 4.78 is 36.8. The number of hydrogen-bond acceptors (Lipinski definition) is 1. The van der Waals surface area contributed by atoms with Gasteiger partial charge in [-0.25, -0.2) is 0 Å². The average molecular weight is 167 g/mol. The van der Waals surface area contributed by atoms with E-state index in [0.717, 1.165) is 0 Å². The van der Waals surface area contributed by atoms with Crippen molar-refractivity contribution in [2.24, 2.45) is 17.1 Å². The Morgan fingerprint density at radius 3 is 2.00 bits per heavy atom. The molecular formula is C7H12F3N. The van der Waals surface area contributed by atoms with E-state index in [1.54, 1.807) is 6.92 Å². The first-order chi connectivity index (χ1) is 4.94. The molecule has 1 atom stereocenters. The highest BCUT2D eigenvalue weighted by Gasteiger charge is 2.65. The maximum Gasteiger partial charge on any atom is 0.394 e. The Morgan fingerprint density at radius 2 is 1.91 bits per heavy atom. The molecule has 0 radical (unpaired) electrons. The molecule has 1 aliphatic rings. The third-order valence-corrected chi connectivity index (χ3v) is 2.65. The van der Waals surface area contributed by atoms with Gasteiger partial charge in [0.1, 0.15) is 0 Å². The van der Waals surface area contributed by atoms with E-state index in [1.165, 1.54) is 0 Å². The van der Waals surface area contributed by atoms with Gasteiger partial charge in [-0.3, -0.25) is 0 Å². The van der Waals surface area contributed by atoms with Crippen molar-refractivity contribution >= 4 is 0 Å². The van der Waals surface area contributed by atoms with Crippen LogP contribution in [0.15, 0.2) is 0 Å². The predicted molar refractivity (Wildman–Crippen MR) is 35.9 cm³/mol. The van der Waals surface area contributed by atoms with E-state index in [9.17, 15) is 13.2 Å². The molecule has 0 aromatic heterocycles. The van der Waals surface area contributed by atoms with Gasteiger partial charge in [-0.1, -0.05) is 6.92 Å². The molecule has 0 heterocycles. The third-order valence-electron chi connectivity index (χ3n) is 2.65. The van der Waals surface area contributed by atoms with Gasteiger partial charge in [0.25, 0.3) is 0 Å². The minimum Gasteiger partial charge on any atom is -0.330 e. The predicted octanol–water partition coefficient (Wildman–Crippen LogP) is 1.92. The molecule has 66 valence electrons. The molecule has 0 bridgehead atoms. The average Bonchev–Trinajstić information content (AvgIpc) is 2.63. The highest BCUT2D eigenvalue weighted by Crippen LogP contribution is 2.61. The third kappa shape index (κ3) is 1.24. The lowest BCUT2D eigenvalue weighted by Gasteiger charge is -2.24. The van der Waals surface area contributed by atoms with Crippen LogP contribution in [0, 0.1) is 11.3 Å². The van der Waals surface area contributed by atoms with E-state index in [0.29, 0.717) is 0 Å². The molecule has 0 saturated heterocycles. The van der Waals surface area contributed by atoms with Crippen LogP contribution < -0.4 is 5.73 Å². The van der Waals surface area contributed by atoms with Crippen LogP contribution in [-0.2, 0) is 0 Å². The number of hydrogen-bond donors (Lipinski definition) is 1. The molecule has 1 rings (SSSR count). The standard InChI is InChI=1S/C7H12F3N/c1-5(4-11)6(2-3-6)7(8,9)10/h5H,2-4,11H2,1H3/t5-/m0/s1. The maximum atomic E-state index is 12.3. The monoisotopic (exact) mass is 167 g/mol. The molecule has 1 fully saturated rings. The maximum absolute atomic E-state index is 12.3.